The molecule has 74 valence electrons. The van der Waals surface area contributed by atoms with E-state index in [0.717, 1.165) is 19.3 Å². The van der Waals surface area contributed by atoms with Crippen LogP contribution in [-0.2, 0) is 4.79 Å². The maximum absolute atomic E-state index is 11.1. The second-order valence-electron chi connectivity index (χ2n) is 4.75. The number of nitrogens with one attached hydrogen (secondary N) is 1. The second kappa shape index (κ2) is 2.71. The van der Waals surface area contributed by atoms with E-state index in [-0.39, 0.29) is 0 Å². The van der Waals surface area contributed by atoms with Gasteiger partial charge in [0, 0.05) is 6.04 Å². The highest BCUT2D eigenvalue weighted by Gasteiger charge is 2.51. The lowest BCUT2D eigenvalue weighted by Crippen LogP contribution is -2.52. The molecule has 0 aromatic heterocycles. The fraction of sp³-hybridized carbons (Fsp3) is 0.900. The average molecular weight is 183 g/mol. The van der Waals surface area contributed by atoms with Crippen LogP contribution >= 0.6 is 0 Å². The minimum absolute atomic E-state index is 0.359. The normalized spacial score (nSPS) is 36.8. The monoisotopic (exact) mass is 183 g/mol. The Kier molecular flexibility index (Phi) is 1.88. The summed E-state index contributed by atoms with van der Waals surface area (Å²) in [5, 5.41) is 12.4. The van der Waals surface area contributed by atoms with Crippen LogP contribution in [0.25, 0.3) is 0 Å². The molecule has 0 aromatic rings. The minimum atomic E-state index is -0.686. The van der Waals surface area contributed by atoms with E-state index in [4.69, 9.17) is 5.11 Å². The molecule has 0 amide bonds. The van der Waals surface area contributed by atoms with Crippen LogP contribution in [0.2, 0.25) is 0 Å². The van der Waals surface area contributed by atoms with Crippen molar-refractivity contribution in [3.05, 3.63) is 0 Å². The van der Waals surface area contributed by atoms with Gasteiger partial charge in [0.1, 0.15) is 5.54 Å². The van der Waals surface area contributed by atoms with Gasteiger partial charge >= 0.3 is 5.97 Å². The molecule has 2 rings (SSSR count). The number of carbonyl (C=O) groups is 1. The van der Waals surface area contributed by atoms with Crippen LogP contribution in [0.1, 0.15) is 33.1 Å². The van der Waals surface area contributed by atoms with Crippen molar-refractivity contribution in [2.45, 2.75) is 44.7 Å². The summed E-state index contributed by atoms with van der Waals surface area (Å²) < 4.78 is 0. The Balaban J connectivity index is 2.00. The van der Waals surface area contributed by atoms with Gasteiger partial charge in [0.25, 0.3) is 0 Å². The van der Waals surface area contributed by atoms with Crippen LogP contribution in [0.3, 0.4) is 0 Å². The Morgan fingerprint density at radius 2 is 2.08 bits per heavy atom. The zero-order chi connectivity index (χ0) is 9.64. The number of carboxylic acid groups (broad SMARTS) is 1. The van der Waals surface area contributed by atoms with Crippen molar-refractivity contribution < 1.29 is 9.90 Å². The molecule has 13 heavy (non-hydrogen) atoms. The van der Waals surface area contributed by atoms with Crippen molar-refractivity contribution in [1.82, 2.24) is 5.32 Å². The Morgan fingerprint density at radius 3 is 2.38 bits per heavy atom. The topological polar surface area (TPSA) is 49.3 Å². The van der Waals surface area contributed by atoms with Crippen LogP contribution in [0, 0.1) is 11.8 Å². The van der Waals surface area contributed by atoms with Crippen molar-refractivity contribution >= 4 is 5.97 Å². The van der Waals surface area contributed by atoms with Crippen molar-refractivity contribution in [1.29, 1.82) is 0 Å². The van der Waals surface area contributed by atoms with Crippen LogP contribution in [0.15, 0.2) is 0 Å². The maximum atomic E-state index is 11.1. The van der Waals surface area contributed by atoms with Crippen LogP contribution in [0.5, 0.6) is 0 Å². The lowest BCUT2D eigenvalue weighted by Gasteiger charge is -2.26. The van der Waals surface area contributed by atoms with E-state index in [1.165, 1.54) is 0 Å². The number of aliphatic carboxylic acids is 1. The van der Waals surface area contributed by atoms with E-state index in [2.05, 4.69) is 12.2 Å². The first-order valence-electron chi connectivity index (χ1n) is 5.05. The van der Waals surface area contributed by atoms with Gasteiger partial charge in [-0.05, 0) is 38.0 Å². The lowest BCUT2D eigenvalue weighted by molar-refractivity contribution is -0.145. The van der Waals surface area contributed by atoms with Gasteiger partial charge in [0.15, 0.2) is 0 Å². The molecule has 3 heteroatoms. The summed E-state index contributed by atoms with van der Waals surface area (Å²) in [6, 6.07) is 0.446. The van der Waals surface area contributed by atoms with Crippen molar-refractivity contribution in [2.24, 2.45) is 11.8 Å². The zero-order valence-electron chi connectivity index (χ0n) is 8.21. The molecule has 3 unspecified atom stereocenters. The zero-order valence-corrected chi connectivity index (χ0v) is 8.21. The van der Waals surface area contributed by atoms with Gasteiger partial charge in [-0.15, -0.1) is 0 Å². The SMILES string of the molecule is CC1CC1NC(C)(C(=O)O)C1CC1. The maximum Gasteiger partial charge on any atom is 0.323 e. The molecule has 3 atom stereocenters. The molecule has 3 nitrogen and oxygen atoms in total. The summed E-state index contributed by atoms with van der Waals surface area (Å²) >= 11 is 0. The highest BCUT2D eigenvalue weighted by molar-refractivity contribution is 5.79. The van der Waals surface area contributed by atoms with Gasteiger partial charge in [0.05, 0.1) is 0 Å². The third kappa shape index (κ3) is 1.57. The molecule has 0 aliphatic heterocycles. The highest BCUT2D eigenvalue weighted by atomic mass is 16.4. The number of hydrogen-bond acceptors (Lipinski definition) is 2. The molecule has 2 N–H and O–H groups in total. The lowest BCUT2D eigenvalue weighted by atomic mass is 9.96. The summed E-state index contributed by atoms with van der Waals surface area (Å²) in [7, 11) is 0. The fourth-order valence-electron chi connectivity index (χ4n) is 1.92. The predicted octanol–water partition coefficient (Wildman–Crippen LogP) is 1.24. The summed E-state index contributed by atoms with van der Waals surface area (Å²) in [4.78, 5) is 11.1. The number of hydrogen-bond donors (Lipinski definition) is 2. The Hall–Kier alpha value is -0.570. The summed E-state index contributed by atoms with van der Waals surface area (Å²) in [5.74, 6) is 0.337. The summed E-state index contributed by atoms with van der Waals surface area (Å²) in [5.41, 5.74) is -0.657. The first-order chi connectivity index (χ1) is 6.04. The first kappa shape index (κ1) is 9.00. The molecule has 0 bridgehead atoms. The van der Waals surface area contributed by atoms with E-state index in [1.54, 1.807) is 0 Å². The van der Waals surface area contributed by atoms with E-state index >= 15 is 0 Å². The van der Waals surface area contributed by atoms with Gasteiger partial charge in [-0.3, -0.25) is 10.1 Å². The molecule has 2 aliphatic rings. The molecular formula is C10H17NO2. The number of rotatable bonds is 4. The minimum Gasteiger partial charge on any atom is -0.480 e. The van der Waals surface area contributed by atoms with Crippen LogP contribution < -0.4 is 5.32 Å². The smallest absolute Gasteiger partial charge is 0.323 e. The van der Waals surface area contributed by atoms with Crippen LogP contribution in [-0.4, -0.2) is 22.7 Å². The number of carboxylic acids is 1. The Labute approximate surface area is 78.5 Å². The molecule has 0 saturated heterocycles. The van der Waals surface area contributed by atoms with E-state index in [9.17, 15) is 4.79 Å². The van der Waals surface area contributed by atoms with Gasteiger partial charge < -0.3 is 5.11 Å². The molecule has 0 radical (unpaired) electrons. The van der Waals surface area contributed by atoms with E-state index < -0.39 is 11.5 Å². The van der Waals surface area contributed by atoms with Gasteiger partial charge in [-0.1, -0.05) is 6.92 Å². The average Bonchev–Trinajstić information content (AvgIpc) is 2.86. The third-order valence-electron chi connectivity index (χ3n) is 3.43. The van der Waals surface area contributed by atoms with Crippen LogP contribution in [0.4, 0.5) is 0 Å². The van der Waals surface area contributed by atoms with Gasteiger partial charge in [0.2, 0.25) is 0 Å². The van der Waals surface area contributed by atoms with E-state index in [1.807, 2.05) is 6.92 Å². The van der Waals surface area contributed by atoms with Crippen molar-refractivity contribution in [2.75, 3.05) is 0 Å². The largest absolute Gasteiger partial charge is 0.480 e. The second-order valence-corrected chi connectivity index (χ2v) is 4.75. The predicted molar refractivity (Wildman–Crippen MR) is 49.5 cm³/mol. The third-order valence-corrected chi connectivity index (χ3v) is 3.43. The molecule has 0 heterocycles. The molecule has 0 aromatic carbocycles. The van der Waals surface area contributed by atoms with Crippen molar-refractivity contribution in [3.8, 4) is 0 Å². The molecule has 2 aliphatic carbocycles. The quantitative estimate of drug-likeness (QED) is 0.689. The standard InChI is InChI=1S/C10H17NO2/c1-6-5-8(6)11-10(2,9(12)13)7-3-4-7/h6-8,11H,3-5H2,1-2H3,(H,12,13). The molecule has 0 spiro atoms. The van der Waals surface area contributed by atoms with Gasteiger partial charge in [-0.25, -0.2) is 0 Å². The Morgan fingerprint density at radius 1 is 1.54 bits per heavy atom. The fourth-order valence-corrected chi connectivity index (χ4v) is 1.92. The molecule has 2 saturated carbocycles. The highest BCUT2D eigenvalue weighted by Crippen LogP contribution is 2.42. The van der Waals surface area contributed by atoms with Gasteiger partial charge in [-0.2, -0.15) is 0 Å². The molecular weight excluding hydrogens is 166 g/mol. The van der Waals surface area contributed by atoms with Crippen molar-refractivity contribution in [3.63, 3.8) is 0 Å². The van der Waals surface area contributed by atoms with E-state index in [0.29, 0.717) is 17.9 Å². The summed E-state index contributed by atoms with van der Waals surface area (Å²) in [6.07, 6.45) is 3.27. The summed E-state index contributed by atoms with van der Waals surface area (Å²) in [6.45, 7) is 3.99. The Bertz CT molecular complexity index is 237. The first-order valence-corrected chi connectivity index (χ1v) is 5.05. The molecule has 2 fully saturated rings.